The number of amides is 2. The first-order chi connectivity index (χ1) is 10.0. The summed E-state index contributed by atoms with van der Waals surface area (Å²) < 4.78 is 4.87. The van der Waals surface area contributed by atoms with E-state index in [2.05, 4.69) is 20.8 Å². The molecule has 1 heterocycles. The molecule has 2 rings (SSSR count). The number of carbonyl (C=O) groups is 2. The minimum Gasteiger partial charge on any atom is -0.481 e. The summed E-state index contributed by atoms with van der Waals surface area (Å²) in [6, 6.07) is -0.433. The minimum atomic E-state index is -0.838. The van der Waals surface area contributed by atoms with Crippen LogP contribution in [0.15, 0.2) is 4.52 Å². The number of aryl methyl sites for hydroxylation is 1. The molecule has 1 fully saturated rings. The quantitative estimate of drug-likeness (QED) is 0.751. The van der Waals surface area contributed by atoms with Gasteiger partial charge in [-0.3, -0.25) is 4.79 Å². The van der Waals surface area contributed by atoms with E-state index in [1.807, 2.05) is 0 Å². The zero-order chi connectivity index (χ0) is 15.3. The third-order valence-electron chi connectivity index (χ3n) is 3.82. The van der Waals surface area contributed by atoms with E-state index in [4.69, 9.17) is 4.52 Å². The molecule has 8 heteroatoms. The Bertz CT molecular complexity index is 508. The summed E-state index contributed by atoms with van der Waals surface area (Å²) >= 11 is 0. The Kier molecular flexibility index (Phi) is 4.77. The highest BCUT2D eigenvalue weighted by atomic mass is 16.5. The van der Waals surface area contributed by atoms with Crippen molar-refractivity contribution in [2.45, 2.75) is 45.6 Å². The molecule has 0 bridgehead atoms. The number of nitrogens with zero attached hydrogens (tertiary/aromatic N) is 2. The summed E-state index contributed by atoms with van der Waals surface area (Å²) in [5, 5.41) is 18.2. The molecule has 1 aromatic rings. The number of hydrogen-bond acceptors (Lipinski definition) is 5. The molecular formula is C13H20N4O4. The number of nitrogens with one attached hydrogen (secondary N) is 2. The summed E-state index contributed by atoms with van der Waals surface area (Å²) in [5.41, 5.74) is -0.837. The molecule has 2 amide bonds. The van der Waals surface area contributed by atoms with Gasteiger partial charge in [-0.25, -0.2) is 4.79 Å². The maximum atomic E-state index is 11.7. The fourth-order valence-corrected chi connectivity index (χ4v) is 2.57. The Hall–Kier alpha value is -2.12. The standard InChI is InChI=1S/C13H20N4O4/c1-9-16-10(21-17-9)7-14-12(20)15-8-13(11(18)19)5-3-2-4-6-13/h2-8H2,1H3,(H,18,19)(H2,14,15,20). The van der Waals surface area contributed by atoms with Gasteiger partial charge in [0.25, 0.3) is 0 Å². The first kappa shape index (κ1) is 15.3. The van der Waals surface area contributed by atoms with Gasteiger partial charge < -0.3 is 20.3 Å². The minimum absolute atomic E-state index is 0.118. The van der Waals surface area contributed by atoms with Crippen LogP contribution in [0.2, 0.25) is 0 Å². The summed E-state index contributed by atoms with van der Waals surface area (Å²) in [5.74, 6) is -0.0254. The Balaban J connectivity index is 1.80. The van der Waals surface area contributed by atoms with Gasteiger partial charge in [0.2, 0.25) is 5.89 Å². The van der Waals surface area contributed by atoms with Crippen molar-refractivity contribution in [2.24, 2.45) is 5.41 Å². The van der Waals surface area contributed by atoms with E-state index in [9.17, 15) is 14.7 Å². The van der Waals surface area contributed by atoms with E-state index in [0.29, 0.717) is 24.6 Å². The van der Waals surface area contributed by atoms with Gasteiger partial charge in [-0.15, -0.1) is 0 Å². The maximum absolute atomic E-state index is 11.7. The Morgan fingerprint density at radius 1 is 1.29 bits per heavy atom. The predicted octanol–water partition coefficient (Wildman–Crippen LogP) is 1.21. The molecule has 0 aliphatic heterocycles. The van der Waals surface area contributed by atoms with Crippen molar-refractivity contribution in [1.29, 1.82) is 0 Å². The summed E-state index contributed by atoms with van der Waals surface area (Å²) in [7, 11) is 0. The van der Waals surface area contributed by atoms with Gasteiger partial charge >= 0.3 is 12.0 Å². The van der Waals surface area contributed by atoms with Gasteiger partial charge in [0.1, 0.15) is 0 Å². The first-order valence-corrected chi connectivity index (χ1v) is 7.06. The molecule has 0 spiro atoms. The largest absolute Gasteiger partial charge is 0.481 e. The Morgan fingerprint density at radius 3 is 2.57 bits per heavy atom. The van der Waals surface area contributed by atoms with Crippen molar-refractivity contribution in [3.8, 4) is 0 Å². The molecule has 3 N–H and O–H groups in total. The number of rotatable bonds is 5. The van der Waals surface area contributed by atoms with Gasteiger partial charge in [0.15, 0.2) is 5.82 Å². The number of carbonyl (C=O) groups excluding carboxylic acids is 1. The lowest BCUT2D eigenvalue weighted by Crippen LogP contribution is -2.47. The van der Waals surface area contributed by atoms with Gasteiger partial charge in [0, 0.05) is 6.54 Å². The van der Waals surface area contributed by atoms with E-state index < -0.39 is 17.4 Å². The SMILES string of the molecule is Cc1noc(CNC(=O)NCC2(C(=O)O)CCCCC2)n1. The number of carboxylic acids is 1. The molecule has 116 valence electrons. The van der Waals surface area contributed by atoms with Crippen LogP contribution in [0.4, 0.5) is 4.79 Å². The average molecular weight is 296 g/mol. The highest BCUT2D eigenvalue weighted by Crippen LogP contribution is 2.35. The van der Waals surface area contributed by atoms with Crippen molar-refractivity contribution < 1.29 is 19.2 Å². The van der Waals surface area contributed by atoms with Gasteiger partial charge in [-0.1, -0.05) is 24.4 Å². The van der Waals surface area contributed by atoms with Crippen LogP contribution in [0.3, 0.4) is 0 Å². The first-order valence-electron chi connectivity index (χ1n) is 7.06. The molecule has 0 aromatic carbocycles. The Morgan fingerprint density at radius 2 is 2.00 bits per heavy atom. The van der Waals surface area contributed by atoms with Crippen LogP contribution in [0.5, 0.6) is 0 Å². The van der Waals surface area contributed by atoms with E-state index >= 15 is 0 Å². The van der Waals surface area contributed by atoms with Gasteiger partial charge in [-0.2, -0.15) is 4.98 Å². The van der Waals surface area contributed by atoms with Crippen LogP contribution in [-0.2, 0) is 11.3 Å². The summed E-state index contributed by atoms with van der Waals surface area (Å²) in [4.78, 5) is 27.2. The van der Waals surface area contributed by atoms with Gasteiger partial charge in [-0.05, 0) is 19.8 Å². The second-order valence-electron chi connectivity index (χ2n) is 5.42. The zero-order valence-electron chi connectivity index (χ0n) is 12.0. The third-order valence-corrected chi connectivity index (χ3v) is 3.82. The molecule has 1 aromatic heterocycles. The van der Waals surface area contributed by atoms with Crippen molar-refractivity contribution in [3.05, 3.63) is 11.7 Å². The van der Waals surface area contributed by atoms with Gasteiger partial charge in [0.05, 0.1) is 12.0 Å². The molecule has 1 aliphatic carbocycles. The zero-order valence-corrected chi connectivity index (χ0v) is 12.0. The molecule has 21 heavy (non-hydrogen) atoms. The van der Waals surface area contributed by atoms with Crippen LogP contribution >= 0.6 is 0 Å². The van der Waals surface area contributed by atoms with Crippen molar-refractivity contribution in [3.63, 3.8) is 0 Å². The monoisotopic (exact) mass is 296 g/mol. The van der Waals surface area contributed by atoms with Crippen LogP contribution in [0.25, 0.3) is 0 Å². The molecule has 8 nitrogen and oxygen atoms in total. The van der Waals surface area contributed by atoms with Crippen molar-refractivity contribution in [1.82, 2.24) is 20.8 Å². The van der Waals surface area contributed by atoms with E-state index in [1.165, 1.54) is 0 Å². The van der Waals surface area contributed by atoms with E-state index in [1.54, 1.807) is 6.92 Å². The predicted molar refractivity (Wildman–Crippen MR) is 72.4 cm³/mol. The lowest BCUT2D eigenvalue weighted by molar-refractivity contribution is -0.150. The molecule has 0 saturated heterocycles. The number of urea groups is 1. The van der Waals surface area contributed by atoms with E-state index in [-0.39, 0.29) is 13.1 Å². The lowest BCUT2D eigenvalue weighted by Gasteiger charge is -2.33. The Labute approximate surface area is 122 Å². The second-order valence-corrected chi connectivity index (χ2v) is 5.42. The van der Waals surface area contributed by atoms with Crippen molar-refractivity contribution in [2.75, 3.05) is 6.54 Å². The lowest BCUT2D eigenvalue weighted by atomic mass is 9.74. The van der Waals surface area contributed by atoms with E-state index in [0.717, 1.165) is 19.3 Å². The normalized spacial score (nSPS) is 17.2. The fraction of sp³-hybridized carbons (Fsp3) is 0.692. The number of aromatic nitrogens is 2. The van der Waals surface area contributed by atoms with Crippen LogP contribution in [0, 0.1) is 12.3 Å². The van der Waals surface area contributed by atoms with Crippen molar-refractivity contribution >= 4 is 12.0 Å². The van der Waals surface area contributed by atoms with Crippen LogP contribution in [-0.4, -0.2) is 33.8 Å². The third kappa shape index (κ3) is 3.93. The fourth-order valence-electron chi connectivity index (χ4n) is 2.57. The molecule has 0 atom stereocenters. The number of hydrogen-bond donors (Lipinski definition) is 3. The highest BCUT2D eigenvalue weighted by Gasteiger charge is 2.39. The van der Waals surface area contributed by atoms with Crippen LogP contribution < -0.4 is 10.6 Å². The average Bonchev–Trinajstić information content (AvgIpc) is 2.89. The summed E-state index contributed by atoms with van der Waals surface area (Å²) in [6.07, 6.45) is 4.03. The maximum Gasteiger partial charge on any atom is 0.315 e. The molecule has 1 saturated carbocycles. The number of aliphatic carboxylic acids is 1. The highest BCUT2D eigenvalue weighted by molar-refractivity contribution is 5.78. The molecule has 0 radical (unpaired) electrons. The molecular weight excluding hydrogens is 276 g/mol. The molecule has 1 aliphatic rings. The molecule has 0 unspecified atom stereocenters. The topological polar surface area (TPSA) is 117 Å². The second kappa shape index (κ2) is 6.55. The van der Waals surface area contributed by atoms with Crippen LogP contribution in [0.1, 0.15) is 43.8 Å². The smallest absolute Gasteiger partial charge is 0.315 e. The number of carboxylic acid groups (broad SMARTS) is 1. The summed E-state index contributed by atoms with van der Waals surface area (Å²) in [6.45, 7) is 1.94.